The summed E-state index contributed by atoms with van der Waals surface area (Å²) < 4.78 is 43.7. The van der Waals surface area contributed by atoms with Crippen molar-refractivity contribution in [1.82, 2.24) is 5.32 Å². The molecule has 0 bridgehead atoms. The summed E-state index contributed by atoms with van der Waals surface area (Å²) in [7, 11) is 0. The van der Waals surface area contributed by atoms with E-state index in [2.05, 4.69) is 10.1 Å². The zero-order valence-electron chi connectivity index (χ0n) is 11.1. The number of hydrogen-bond donors (Lipinski definition) is 2. The quantitative estimate of drug-likeness (QED) is 0.637. The first-order valence-corrected chi connectivity index (χ1v) is 6.28. The fourth-order valence-corrected chi connectivity index (χ4v) is 1.84. The van der Waals surface area contributed by atoms with E-state index in [9.17, 15) is 27.6 Å². The number of ether oxygens (including phenoxy) is 1. The number of amides is 2. The number of carbonyl (C=O) groups excluding carboxylic acids is 3. The average molecular weight is 316 g/mol. The van der Waals surface area contributed by atoms with Gasteiger partial charge in [-0.3, -0.25) is 9.59 Å². The second-order valence-corrected chi connectivity index (χ2v) is 4.54. The van der Waals surface area contributed by atoms with Crippen molar-refractivity contribution in [3.8, 4) is 0 Å². The van der Waals surface area contributed by atoms with Gasteiger partial charge in [0, 0.05) is 6.42 Å². The predicted octanol–water partition coefficient (Wildman–Crippen LogP) is 0.864. The Hall–Kier alpha value is -2.58. The number of hydrogen-bond acceptors (Lipinski definition) is 4. The van der Waals surface area contributed by atoms with Crippen molar-refractivity contribution in [3.63, 3.8) is 0 Å². The fourth-order valence-electron chi connectivity index (χ4n) is 1.84. The number of esters is 1. The van der Waals surface area contributed by atoms with Gasteiger partial charge in [-0.05, 0) is 18.6 Å². The van der Waals surface area contributed by atoms with Crippen LogP contribution >= 0.6 is 0 Å². The fraction of sp³-hybridized carbons (Fsp3) is 0.308. The van der Waals surface area contributed by atoms with E-state index >= 15 is 0 Å². The molecule has 0 unspecified atom stereocenters. The van der Waals surface area contributed by atoms with Crippen molar-refractivity contribution in [3.05, 3.63) is 29.6 Å². The van der Waals surface area contributed by atoms with Gasteiger partial charge in [0.1, 0.15) is 6.04 Å². The van der Waals surface area contributed by atoms with Crippen LogP contribution in [0.5, 0.6) is 0 Å². The van der Waals surface area contributed by atoms with Gasteiger partial charge in [0.25, 0.3) is 5.91 Å². The van der Waals surface area contributed by atoms with Crippen LogP contribution in [0.3, 0.4) is 0 Å². The van der Waals surface area contributed by atoms with Gasteiger partial charge in [-0.25, -0.2) is 18.0 Å². The molecule has 6 nitrogen and oxygen atoms in total. The molecule has 1 atom stereocenters. The Labute approximate surface area is 122 Å². The second kappa shape index (κ2) is 6.46. The monoisotopic (exact) mass is 316 g/mol. The van der Waals surface area contributed by atoms with E-state index in [-0.39, 0.29) is 18.7 Å². The molecule has 0 saturated carbocycles. The molecule has 0 radical (unpaired) electrons. The Morgan fingerprint density at radius 2 is 2.00 bits per heavy atom. The topological polar surface area (TPSA) is 84.5 Å². The van der Waals surface area contributed by atoms with E-state index in [0.717, 1.165) is 6.07 Å². The summed E-state index contributed by atoms with van der Waals surface area (Å²) >= 11 is 0. The van der Waals surface area contributed by atoms with Crippen LogP contribution < -0.4 is 10.6 Å². The smallest absolute Gasteiger partial charge is 0.329 e. The van der Waals surface area contributed by atoms with Crippen LogP contribution in [0.1, 0.15) is 12.8 Å². The van der Waals surface area contributed by atoms with Gasteiger partial charge in [-0.15, -0.1) is 0 Å². The molecule has 1 aliphatic rings. The zero-order valence-corrected chi connectivity index (χ0v) is 11.1. The number of benzene rings is 1. The molecule has 1 aromatic rings. The molecule has 1 aliphatic heterocycles. The highest BCUT2D eigenvalue weighted by Gasteiger charge is 2.28. The average Bonchev–Trinajstić information content (AvgIpc) is 2.92. The van der Waals surface area contributed by atoms with Crippen LogP contribution in [0.15, 0.2) is 12.1 Å². The highest BCUT2D eigenvalue weighted by Crippen LogP contribution is 2.19. The Morgan fingerprint density at radius 1 is 1.27 bits per heavy atom. The van der Waals surface area contributed by atoms with Crippen molar-refractivity contribution < 1.29 is 32.3 Å². The van der Waals surface area contributed by atoms with Gasteiger partial charge in [-0.2, -0.15) is 0 Å². The lowest BCUT2D eigenvalue weighted by Crippen LogP contribution is -2.36. The summed E-state index contributed by atoms with van der Waals surface area (Å²) in [6.45, 7) is -0.746. The normalized spacial score (nSPS) is 17.0. The molecule has 1 saturated heterocycles. The number of nitrogens with one attached hydrogen (secondary N) is 2. The van der Waals surface area contributed by atoms with Crippen LogP contribution in [0, 0.1) is 17.5 Å². The molecule has 1 aromatic carbocycles. The van der Waals surface area contributed by atoms with Gasteiger partial charge in [0.05, 0.1) is 5.69 Å². The van der Waals surface area contributed by atoms with Crippen molar-refractivity contribution in [2.24, 2.45) is 0 Å². The van der Waals surface area contributed by atoms with E-state index in [4.69, 9.17) is 0 Å². The predicted molar refractivity (Wildman–Crippen MR) is 67.1 cm³/mol. The first kappa shape index (κ1) is 15.8. The number of rotatable bonds is 4. The molecular weight excluding hydrogens is 305 g/mol. The molecule has 2 rings (SSSR count). The van der Waals surface area contributed by atoms with E-state index in [1.165, 1.54) is 0 Å². The van der Waals surface area contributed by atoms with Crippen LogP contribution in [0.2, 0.25) is 0 Å². The lowest BCUT2D eigenvalue weighted by atomic mass is 10.2. The maximum Gasteiger partial charge on any atom is 0.329 e. The standard InChI is InChI=1S/C13H11F3N2O4/c14-6-1-2-7(12(16)11(6)15)17-10(20)5-22-13(21)8-3-4-9(19)18-8/h1-2,8H,3-5H2,(H,17,20)(H,18,19)/t8-/m1/s1. The van der Waals surface area contributed by atoms with Crippen molar-refractivity contribution in [2.75, 3.05) is 11.9 Å². The summed E-state index contributed by atoms with van der Waals surface area (Å²) in [5, 5.41) is 4.30. The molecule has 0 spiro atoms. The minimum absolute atomic E-state index is 0.187. The summed E-state index contributed by atoms with van der Waals surface area (Å²) in [6.07, 6.45) is 0.448. The van der Waals surface area contributed by atoms with Crippen LogP contribution in [-0.2, 0) is 19.1 Å². The van der Waals surface area contributed by atoms with Crippen LogP contribution in [0.4, 0.5) is 18.9 Å². The Morgan fingerprint density at radius 3 is 2.64 bits per heavy atom. The summed E-state index contributed by atoms with van der Waals surface area (Å²) in [5.74, 6) is -6.69. The highest BCUT2D eigenvalue weighted by molar-refractivity contribution is 5.94. The van der Waals surface area contributed by atoms with E-state index in [0.29, 0.717) is 6.07 Å². The number of halogens is 3. The largest absolute Gasteiger partial charge is 0.454 e. The Bertz CT molecular complexity index is 636. The van der Waals surface area contributed by atoms with Crippen LogP contribution in [-0.4, -0.2) is 30.4 Å². The van der Waals surface area contributed by atoms with Crippen molar-refractivity contribution in [2.45, 2.75) is 18.9 Å². The third-order valence-corrected chi connectivity index (χ3v) is 2.93. The molecule has 22 heavy (non-hydrogen) atoms. The van der Waals surface area contributed by atoms with E-state index in [1.807, 2.05) is 5.32 Å². The summed E-state index contributed by atoms with van der Waals surface area (Å²) in [6, 6.07) is 0.666. The van der Waals surface area contributed by atoms with Gasteiger partial charge >= 0.3 is 5.97 Å². The SMILES string of the molecule is O=C(COC(=O)[C@H]1CCC(=O)N1)Nc1ccc(F)c(F)c1F. The number of anilines is 1. The van der Waals surface area contributed by atoms with E-state index < -0.39 is 47.7 Å². The molecular formula is C13H11F3N2O4. The lowest BCUT2D eigenvalue weighted by molar-refractivity contribution is -0.149. The van der Waals surface area contributed by atoms with Gasteiger partial charge < -0.3 is 15.4 Å². The lowest BCUT2D eigenvalue weighted by Gasteiger charge is -2.11. The summed E-state index contributed by atoms with van der Waals surface area (Å²) in [4.78, 5) is 33.9. The van der Waals surface area contributed by atoms with Crippen molar-refractivity contribution >= 4 is 23.5 Å². The minimum atomic E-state index is -1.72. The molecule has 2 amide bonds. The molecule has 0 aromatic heterocycles. The third kappa shape index (κ3) is 3.54. The second-order valence-electron chi connectivity index (χ2n) is 4.54. The molecule has 118 valence electrons. The molecule has 9 heteroatoms. The maximum atomic E-state index is 13.3. The zero-order chi connectivity index (χ0) is 16.3. The first-order chi connectivity index (χ1) is 10.4. The van der Waals surface area contributed by atoms with Gasteiger partial charge in [-0.1, -0.05) is 0 Å². The van der Waals surface area contributed by atoms with Crippen LogP contribution in [0.25, 0.3) is 0 Å². The van der Waals surface area contributed by atoms with Crippen molar-refractivity contribution in [1.29, 1.82) is 0 Å². The molecule has 2 N–H and O–H groups in total. The minimum Gasteiger partial charge on any atom is -0.454 e. The Kier molecular flexibility index (Phi) is 4.64. The highest BCUT2D eigenvalue weighted by atomic mass is 19.2. The molecule has 1 heterocycles. The van der Waals surface area contributed by atoms with E-state index in [1.54, 1.807) is 0 Å². The van der Waals surface area contributed by atoms with Gasteiger partial charge in [0.15, 0.2) is 24.1 Å². The first-order valence-electron chi connectivity index (χ1n) is 6.28. The molecule has 1 fully saturated rings. The molecule has 0 aliphatic carbocycles. The Balaban J connectivity index is 1.87. The van der Waals surface area contributed by atoms with Gasteiger partial charge in [0.2, 0.25) is 5.91 Å². The number of carbonyl (C=O) groups is 3. The maximum absolute atomic E-state index is 13.3. The third-order valence-electron chi connectivity index (χ3n) is 2.93. The summed E-state index contributed by atoms with van der Waals surface area (Å²) in [5.41, 5.74) is -0.575.